The number of hydrogen-bond donors (Lipinski definition) is 0. The number of imidazole rings is 1. The summed E-state index contributed by atoms with van der Waals surface area (Å²) in [5, 5.41) is 1.99. The van der Waals surface area contributed by atoms with Crippen molar-refractivity contribution in [3.8, 4) is 39.4 Å². The standard InChI is InChI=1S/C57H51N5/c1-56(2,3)41-25-19-26-44(36-41)60-51-33-17-18-34-52(51)62(54-45(39-21-9-7-10-22-39)29-20-30-46(54)40-23-11-8-12-24-40)55(60)58-38-43-35-42(57(4,5)6)37-53(59-43)61-49-31-15-13-27-47(49)48-28-14-16-32-50(48)61/h7-37H,38H2,1-6H3/i7D,8D,9D,10D,11D,12D,21D,22D,23D,24D,38D2. The van der Waals surface area contributed by atoms with Crippen molar-refractivity contribution in [2.75, 3.05) is 0 Å². The fourth-order valence-electron chi connectivity index (χ4n) is 8.20. The molecule has 62 heavy (non-hydrogen) atoms. The second kappa shape index (κ2) is 15.3. The summed E-state index contributed by atoms with van der Waals surface area (Å²) in [5.74, 6) is 0.463. The molecule has 0 N–H and O–H groups in total. The summed E-state index contributed by atoms with van der Waals surface area (Å²) >= 11 is 0. The minimum absolute atomic E-state index is 0.0170. The minimum atomic E-state index is -2.67. The molecule has 0 atom stereocenters. The molecule has 0 aliphatic carbocycles. The molecule has 0 spiro atoms. The van der Waals surface area contributed by atoms with E-state index in [1.165, 1.54) is 6.07 Å². The zero-order valence-electron chi connectivity index (χ0n) is 47.4. The summed E-state index contributed by atoms with van der Waals surface area (Å²) in [6.07, 6.45) is 0. The molecule has 304 valence electrons. The van der Waals surface area contributed by atoms with Crippen molar-refractivity contribution in [2.45, 2.75) is 58.9 Å². The molecule has 0 aliphatic heterocycles. The molecule has 0 saturated heterocycles. The Hall–Kier alpha value is -7.24. The molecule has 0 bridgehead atoms. The van der Waals surface area contributed by atoms with Crippen LogP contribution in [0.2, 0.25) is 0 Å². The number of nitrogens with zero attached hydrogens (tertiary/aromatic N) is 5. The van der Waals surface area contributed by atoms with Gasteiger partial charge in [0.1, 0.15) is 5.82 Å². The highest BCUT2D eigenvalue weighted by Crippen LogP contribution is 2.38. The Kier molecular flexibility index (Phi) is 6.82. The maximum atomic E-state index is 10.3. The first kappa shape index (κ1) is 27.6. The highest BCUT2D eigenvalue weighted by atomic mass is 15.2. The van der Waals surface area contributed by atoms with Crippen molar-refractivity contribution in [2.24, 2.45) is 4.99 Å². The molecule has 5 nitrogen and oxygen atoms in total. The Morgan fingerprint density at radius 1 is 0.516 bits per heavy atom. The second-order valence-corrected chi connectivity index (χ2v) is 17.4. The average molecular weight is 818 g/mol. The van der Waals surface area contributed by atoms with Gasteiger partial charge < -0.3 is 0 Å². The molecule has 10 rings (SSSR count). The second-order valence-electron chi connectivity index (χ2n) is 17.4. The lowest BCUT2D eigenvalue weighted by Crippen LogP contribution is -2.26. The normalized spacial score (nSPS) is 15.5. The summed E-state index contributed by atoms with van der Waals surface area (Å²) < 4.78 is 115. The van der Waals surface area contributed by atoms with Crippen LogP contribution in [-0.2, 0) is 17.3 Å². The molecular weight excluding hydrogens is 755 g/mol. The van der Waals surface area contributed by atoms with Gasteiger partial charge in [-0.3, -0.25) is 13.7 Å². The summed E-state index contributed by atoms with van der Waals surface area (Å²) in [7, 11) is 0. The quantitative estimate of drug-likeness (QED) is 0.158. The monoisotopic (exact) mass is 817 g/mol. The number of aromatic nitrogens is 4. The Labute approximate surface area is 380 Å². The third-order valence-corrected chi connectivity index (χ3v) is 11.3. The third-order valence-electron chi connectivity index (χ3n) is 11.3. The van der Waals surface area contributed by atoms with Gasteiger partial charge in [-0.15, -0.1) is 0 Å². The van der Waals surface area contributed by atoms with E-state index in [0.717, 1.165) is 32.9 Å². The molecule has 0 unspecified atom stereocenters. The van der Waals surface area contributed by atoms with Crippen LogP contribution in [0.1, 0.15) is 74.8 Å². The molecule has 10 aromatic rings. The van der Waals surface area contributed by atoms with Gasteiger partial charge in [0.05, 0.1) is 56.4 Å². The first-order valence-electron chi connectivity index (χ1n) is 26.6. The highest BCUT2D eigenvalue weighted by Gasteiger charge is 2.24. The van der Waals surface area contributed by atoms with Crippen LogP contribution in [-0.4, -0.2) is 18.7 Å². The minimum Gasteiger partial charge on any atom is -0.294 e. The number of hydrogen-bond acceptors (Lipinski definition) is 2. The molecule has 0 fully saturated rings. The number of pyridine rings is 1. The van der Waals surface area contributed by atoms with Gasteiger partial charge in [0.15, 0.2) is 0 Å². The number of benzene rings is 7. The largest absolute Gasteiger partial charge is 0.294 e. The van der Waals surface area contributed by atoms with Crippen molar-refractivity contribution in [1.82, 2.24) is 18.7 Å². The lowest BCUT2D eigenvalue weighted by Gasteiger charge is -2.21. The van der Waals surface area contributed by atoms with Gasteiger partial charge in [0.2, 0.25) is 5.62 Å². The maximum Gasteiger partial charge on any atom is 0.215 e. The fourth-order valence-corrected chi connectivity index (χ4v) is 8.20. The maximum absolute atomic E-state index is 10.3. The summed E-state index contributed by atoms with van der Waals surface area (Å²) in [6, 6.07) is 33.4. The predicted molar refractivity (Wildman–Crippen MR) is 259 cm³/mol. The molecule has 0 aliphatic rings. The zero-order valence-corrected chi connectivity index (χ0v) is 35.4. The zero-order chi connectivity index (χ0) is 53.1. The van der Waals surface area contributed by atoms with Gasteiger partial charge in [-0.1, -0.05) is 181 Å². The van der Waals surface area contributed by atoms with Gasteiger partial charge in [-0.05, 0) is 81.6 Å². The molecule has 3 aromatic heterocycles. The van der Waals surface area contributed by atoms with Gasteiger partial charge in [0, 0.05) is 27.6 Å². The summed E-state index contributed by atoms with van der Waals surface area (Å²) in [6.45, 7) is 9.68. The van der Waals surface area contributed by atoms with E-state index in [9.17, 15) is 8.22 Å². The summed E-state index contributed by atoms with van der Waals surface area (Å²) in [4.78, 5) is 10.3. The molecule has 7 aromatic carbocycles. The van der Waals surface area contributed by atoms with E-state index in [0.29, 0.717) is 22.5 Å². The first-order chi connectivity index (χ1) is 34.9. The van der Waals surface area contributed by atoms with Crippen LogP contribution in [0.15, 0.2) is 193 Å². The summed E-state index contributed by atoms with van der Waals surface area (Å²) in [5.41, 5.74) is 3.63. The molecule has 5 heteroatoms. The lowest BCUT2D eigenvalue weighted by atomic mass is 9.87. The number of fused-ring (bicyclic) bond motifs is 4. The van der Waals surface area contributed by atoms with E-state index >= 15 is 0 Å². The van der Waals surface area contributed by atoms with Crippen molar-refractivity contribution in [3.63, 3.8) is 0 Å². The van der Waals surface area contributed by atoms with E-state index in [1.807, 2.05) is 116 Å². The molecule has 0 amide bonds. The van der Waals surface area contributed by atoms with Crippen molar-refractivity contribution in [3.05, 3.63) is 210 Å². The van der Waals surface area contributed by atoms with Crippen LogP contribution in [0.5, 0.6) is 0 Å². The topological polar surface area (TPSA) is 40.0 Å². The van der Waals surface area contributed by atoms with E-state index < -0.39 is 72.3 Å². The number of para-hydroxylation sites is 5. The Balaban J connectivity index is 1.41. The van der Waals surface area contributed by atoms with E-state index in [-0.39, 0.29) is 44.7 Å². The van der Waals surface area contributed by atoms with Crippen molar-refractivity contribution < 1.29 is 16.4 Å². The van der Waals surface area contributed by atoms with Gasteiger partial charge in [-0.25, -0.2) is 9.98 Å². The van der Waals surface area contributed by atoms with Gasteiger partial charge in [0.25, 0.3) is 0 Å². The molecule has 0 saturated carbocycles. The fraction of sp³-hybridized carbons (Fsp3) is 0.158. The van der Waals surface area contributed by atoms with Crippen LogP contribution >= 0.6 is 0 Å². The average Bonchev–Trinajstić information content (AvgIpc) is 3.88. The molecular formula is C57H51N5. The van der Waals surface area contributed by atoms with Crippen LogP contribution in [0.25, 0.3) is 72.3 Å². The van der Waals surface area contributed by atoms with Crippen LogP contribution in [0, 0.1) is 0 Å². The van der Waals surface area contributed by atoms with Crippen LogP contribution < -0.4 is 5.62 Å². The van der Waals surface area contributed by atoms with Crippen molar-refractivity contribution in [1.29, 1.82) is 0 Å². The predicted octanol–water partition coefficient (Wildman–Crippen LogP) is 13.9. The van der Waals surface area contributed by atoms with Crippen molar-refractivity contribution >= 4 is 32.8 Å². The molecule has 3 heterocycles. The van der Waals surface area contributed by atoms with Gasteiger partial charge >= 0.3 is 0 Å². The SMILES string of the molecule is [2H]c1c([2H])c([2H])c(-c2cccc(-c3c([2H])c([2H])c([2H])c([2H])c3[2H])c2-n2c(=NC([2H])([2H])c3cc(C(C)(C)C)cc(-n4c5ccccc5c5ccccc54)n3)n(-c3cccc(C(C)(C)C)c3)c3ccccc32)c([2H])c1[2H]. The van der Waals surface area contributed by atoms with Gasteiger partial charge in [-0.2, -0.15) is 0 Å². The van der Waals surface area contributed by atoms with Crippen LogP contribution in [0.4, 0.5) is 0 Å². The van der Waals surface area contributed by atoms with E-state index in [1.54, 1.807) is 39.5 Å². The van der Waals surface area contributed by atoms with E-state index in [4.69, 9.17) is 18.2 Å². The molecule has 0 radical (unpaired) electrons. The Morgan fingerprint density at radius 3 is 1.60 bits per heavy atom. The van der Waals surface area contributed by atoms with Crippen LogP contribution in [0.3, 0.4) is 0 Å². The first-order valence-corrected chi connectivity index (χ1v) is 20.6. The highest BCUT2D eigenvalue weighted by molar-refractivity contribution is 6.09. The smallest absolute Gasteiger partial charge is 0.215 e. The Bertz CT molecular complexity index is 3840. The Morgan fingerprint density at radius 2 is 1.03 bits per heavy atom. The number of rotatable bonds is 7. The van der Waals surface area contributed by atoms with E-state index in [2.05, 4.69) is 20.8 Å². The lowest BCUT2D eigenvalue weighted by molar-refractivity contribution is 0.587. The third kappa shape index (κ3) is 6.94.